The first-order valence-corrected chi connectivity index (χ1v) is 8.45. The lowest BCUT2D eigenvalue weighted by Gasteiger charge is -2.22. The quantitative estimate of drug-likeness (QED) is 0.583. The summed E-state index contributed by atoms with van der Waals surface area (Å²) in [6, 6.07) is 4.59. The standard InChI is InChI=1S/C14H22N2O3S/c1-10-6-5-7-11(15)14(10)20(18,19)16-12-8-3-2-4-9-13(12)17/h5-7,12-13,16-17H,2-4,8-9,15H2,1H3. The Morgan fingerprint density at radius 1 is 1.25 bits per heavy atom. The van der Waals surface area contributed by atoms with Crippen molar-refractivity contribution in [2.75, 3.05) is 5.73 Å². The number of nitrogen functional groups attached to an aromatic ring is 1. The lowest BCUT2D eigenvalue weighted by Crippen LogP contribution is -2.42. The second-order valence-corrected chi connectivity index (χ2v) is 7.08. The van der Waals surface area contributed by atoms with E-state index in [1.165, 1.54) is 0 Å². The van der Waals surface area contributed by atoms with E-state index < -0.39 is 22.2 Å². The van der Waals surface area contributed by atoms with E-state index in [0.717, 1.165) is 19.3 Å². The van der Waals surface area contributed by atoms with Gasteiger partial charge in [0.25, 0.3) is 0 Å². The normalized spacial score (nSPS) is 24.3. The number of nitrogens with two attached hydrogens (primary N) is 1. The van der Waals surface area contributed by atoms with Gasteiger partial charge in [0, 0.05) is 6.04 Å². The third kappa shape index (κ3) is 3.31. The Kier molecular flexibility index (Phi) is 4.67. The average Bonchev–Trinajstić information content (AvgIpc) is 2.54. The molecule has 4 N–H and O–H groups in total. The summed E-state index contributed by atoms with van der Waals surface area (Å²) in [5, 5.41) is 10.0. The molecular formula is C14H22N2O3S. The molecule has 1 saturated carbocycles. The van der Waals surface area contributed by atoms with E-state index in [0.29, 0.717) is 18.4 Å². The zero-order chi connectivity index (χ0) is 14.8. The van der Waals surface area contributed by atoms with Gasteiger partial charge in [-0.25, -0.2) is 13.1 Å². The summed E-state index contributed by atoms with van der Waals surface area (Å²) in [7, 11) is -3.71. The third-order valence-electron chi connectivity index (χ3n) is 3.80. The summed E-state index contributed by atoms with van der Waals surface area (Å²) in [5.41, 5.74) is 6.64. The molecule has 0 radical (unpaired) electrons. The molecule has 5 nitrogen and oxygen atoms in total. The molecule has 1 fully saturated rings. The molecular weight excluding hydrogens is 276 g/mol. The van der Waals surface area contributed by atoms with Crippen molar-refractivity contribution in [3.63, 3.8) is 0 Å². The minimum absolute atomic E-state index is 0.122. The second-order valence-electron chi connectivity index (χ2n) is 5.43. The van der Waals surface area contributed by atoms with Gasteiger partial charge in [0.05, 0.1) is 11.8 Å². The summed E-state index contributed by atoms with van der Waals surface area (Å²) < 4.78 is 27.6. The first kappa shape index (κ1) is 15.3. The highest BCUT2D eigenvalue weighted by molar-refractivity contribution is 7.89. The first-order chi connectivity index (χ1) is 9.42. The van der Waals surface area contributed by atoms with Crippen molar-refractivity contribution in [3.05, 3.63) is 23.8 Å². The Labute approximate surface area is 120 Å². The minimum atomic E-state index is -3.71. The predicted molar refractivity (Wildman–Crippen MR) is 78.8 cm³/mol. The molecule has 112 valence electrons. The fourth-order valence-corrected chi connectivity index (χ4v) is 4.39. The molecule has 1 aliphatic carbocycles. The number of anilines is 1. The SMILES string of the molecule is Cc1cccc(N)c1S(=O)(=O)NC1CCCCCC1O. The molecule has 0 aliphatic heterocycles. The van der Waals surface area contributed by atoms with E-state index in [9.17, 15) is 13.5 Å². The number of hydrogen-bond acceptors (Lipinski definition) is 4. The van der Waals surface area contributed by atoms with Crippen LogP contribution in [0.1, 0.15) is 37.7 Å². The van der Waals surface area contributed by atoms with Gasteiger partial charge in [-0.05, 0) is 31.4 Å². The molecule has 2 atom stereocenters. The fraction of sp³-hybridized carbons (Fsp3) is 0.571. The highest BCUT2D eigenvalue weighted by Gasteiger charge is 2.28. The molecule has 2 rings (SSSR count). The van der Waals surface area contributed by atoms with Gasteiger partial charge in [0.1, 0.15) is 4.90 Å². The molecule has 6 heteroatoms. The summed E-state index contributed by atoms with van der Waals surface area (Å²) in [6.07, 6.45) is 3.56. The fourth-order valence-electron chi connectivity index (χ4n) is 2.73. The smallest absolute Gasteiger partial charge is 0.243 e. The minimum Gasteiger partial charge on any atom is -0.398 e. The summed E-state index contributed by atoms with van der Waals surface area (Å²) in [5.74, 6) is 0. The summed E-state index contributed by atoms with van der Waals surface area (Å²) >= 11 is 0. The molecule has 0 amide bonds. The number of aryl methyl sites for hydroxylation is 1. The maximum absolute atomic E-state index is 12.5. The van der Waals surface area contributed by atoms with Gasteiger partial charge in [-0.15, -0.1) is 0 Å². The number of hydrogen-bond donors (Lipinski definition) is 3. The zero-order valence-corrected chi connectivity index (χ0v) is 12.5. The molecule has 1 aliphatic rings. The number of aliphatic hydroxyl groups is 1. The van der Waals surface area contributed by atoms with Crippen LogP contribution in [0.25, 0.3) is 0 Å². The van der Waals surface area contributed by atoms with Crippen LogP contribution in [0.4, 0.5) is 5.69 Å². The number of sulfonamides is 1. The van der Waals surface area contributed by atoms with Crippen molar-refractivity contribution in [1.29, 1.82) is 0 Å². The monoisotopic (exact) mass is 298 g/mol. The maximum atomic E-state index is 12.5. The van der Waals surface area contributed by atoms with Crippen LogP contribution in [-0.2, 0) is 10.0 Å². The van der Waals surface area contributed by atoms with Crippen LogP contribution in [0.15, 0.2) is 23.1 Å². The van der Waals surface area contributed by atoms with Crippen molar-refractivity contribution >= 4 is 15.7 Å². The largest absolute Gasteiger partial charge is 0.398 e. The Hall–Kier alpha value is -1.11. The third-order valence-corrected chi connectivity index (χ3v) is 5.51. The average molecular weight is 298 g/mol. The van der Waals surface area contributed by atoms with E-state index in [1.807, 2.05) is 0 Å². The van der Waals surface area contributed by atoms with Crippen LogP contribution in [0, 0.1) is 6.92 Å². The molecule has 1 aromatic carbocycles. The van der Waals surface area contributed by atoms with Gasteiger partial charge < -0.3 is 10.8 Å². The number of nitrogens with one attached hydrogen (secondary N) is 1. The topological polar surface area (TPSA) is 92.4 Å². The van der Waals surface area contributed by atoms with Crippen molar-refractivity contribution in [2.24, 2.45) is 0 Å². The van der Waals surface area contributed by atoms with Gasteiger partial charge in [-0.3, -0.25) is 0 Å². The van der Waals surface area contributed by atoms with Crippen LogP contribution in [0.5, 0.6) is 0 Å². The van der Waals surface area contributed by atoms with Crippen molar-refractivity contribution in [3.8, 4) is 0 Å². The van der Waals surface area contributed by atoms with Gasteiger partial charge in [-0.2, -0.15) is 0 Å². The van der Waals surface area contributed by atoms with E-state index in [4.69, 9.17) is 5.73 Å². The van der Waals surface area contributed by atoms with E-state index in [2.05, 4.69) is 4.72 Å². The summed E-state index contributed by atoms with van der Waals surface area (Å²) in [6.45, 7) is 1.72. The molecule has 2 unspecified atom stereocenters. The first-order valence-electron chi connectivity index (χ1n) is 6.97. The number of benzene rings is 1. The zero-order valence-electron chi connectivity index (χ0n) is 11.7. The molecule has 1 aromatic rings. The van der Waals surface area contributed by atoms with E-state index in [1.54, 1.807) is 25.1 Å². The van der Waals surface area contributed by atoms with Crippen molar-refractivity contribution < 1.29 is 13.5 Å². The predicted octanol–water partition coefficient (Wildman–Crippen LogP) is 1.55. The Balaban J connectivity index is 2.26. The van der Waals surface area contributed by atoms with Crippen molar-refractivity contribution in [2.45, 2.75) is 56.1 Å². The van der Waals surface area contributed by atoms with Crippen LogP contribution in [0.2, 0.25) is 0 Å². The highest BCUT2D eigenvalue weighted by atomic mass is 32.2. The Morgan fingerprint density at radius 2 is 1.95 bits per heavy atom. The van der Waals surface area contributed by atoms with Gasteiger partial charge in [0.2, 0.25) is 10.0 Å². The van der Waals surface area contributed by atoms with Crippen LogP contribution in [-0.4, -0.2) is 25.7 Å². The molecule has 0 spiro atoms. The van der Waals surface area contributed by atoms with Crippen LogP contribution < -0.4 is 10.5 Å². The van der Waals surface area contributed by atoms with E-state index >= 15 is 0 Å². The number of aliphatic hydroxyl groups excluding tert-OH is 1. The second kappa shape index (κ2) is 6.11. The highest BCUT2D eigenvalue weighted by Crippen LogP contribution is 2.25. The lowest BCUT2D eigenvalue weighted by molar-refractivity contribution is 0.130. The Morgan fingerprint density at radius 3 is 2.65 bits per heavy atom. The molecule has 0 bridgehead atoms. The van der Waals surface area contributed by atoms with Crippen LogP contribution >= 0.6 is 0 Å². The van der Waals surface area contributed by atoms with Crippen molar-refractivity contribution in [1.82, 2.24) is 4.72 Å². The molecule has 0 aromatic heterocycles. The van der Waals surface area contributed by atoms with Gasteiger partial charge >= 0.3 is 0 Å². The van der Waals surface area contributed by atoms with Gasteiger partial charge in [-0.1, -0.05) is 31.4 Å². The molecule has 0 saturated heterocycles. The van der Waals surface area contributed by atoms with E-state index in [-0.39, 0.29) is 10.6 Å². The van der Waals surface area contributed by atoms with Gasteiger partial charge in [0.15, 0.2) is 0 Å². The van der Waals surface area contributed by atoms with Crippen LogP contribution in [0.3, 0.4) is 0 Å². The summed E-state index contributed by atoms with van der Waals surface area (Å²) in [4.78, 5) is 0.122. The maximum Gasteiger partial charge on any atom is 0.243 e. The molecule has 20 heavy (non-hydrogen) atoms. The number of rotatable bonds is 3. The Bertz CT molecular complexity index is 552. The molecule has 0 heterocycles. The lowest BCUT2D eigenvalue weighted by atomic mass is 10.1.